The molecule has 7 rings (SSSR count). The molecule has 0 spiro atoms. The number of halogens is 3. The molecule has 368 valence electrons. The van der Waals surface area contributed by atoms with Gasteiger partial charge in [0.25, 0.3) is 25.9 Å². The number of thiocarbonyl (C=S) groups is 1. The van der Waals surface area contributed by atoms with Crippen LogP contribution in [0.2, 0.25) is 0 Å². The molecule has 0 amide bonds. The summed E-state index contributed by atoms with van der Waals surface area (Å²) in [6.45, 7) is 3.35. The number of isothiocyanates is 1. The number of unbranched alkanes of at least 4 members (excludes halogenated alkanes) is 3. The van der Waals surface area contributed by atoms with Crippen LogP contribution in [0, 0.1) is 0 Å². The number of rotatable bonds is 21. The van der Waals surface area contributed by atoms with E-state index in [9.17, 15) is 32.3 Å². The zero-order valence-electron chi connectivity index (χ0n) is 37.8. The van der Waals surface area contributed by atoms with Gasteiger partial charge in [-0.1, -0.05) is 50.2 Å². The summed E-state index contributed by atoms with van der Waals surface area (Å²) in [7, 11) is 0. The number of carbonyl (C=O) groups excluding carboxylic acids is 4. The molecule has 6 aromatic heterocycles. The van der Waals surface area contributed by atoms with E-state index < -0.39 is 11.9 Å². The van der Waals surface area contributed by atoms with E-state index in [2.05, 4.69) is 65.9 Å². The third-order valence-electron chi connectivity index (χ3n) is 9.56. The topological polar surface area (TPSA) is 206 Å². The first kappa shape index (κ1) is 56.6. The molecule has 6 heterocycles. The summed E-state index contributed by atoms with van der Waals surface area (Å²) >= 11 is 5.47. The maximum atomic E-state index is 12.7. The van der Waals surface area contributed by atoms with Crippen molar-refractivity contribution in [3.05, 3.63) is 154 Å². The Hall–Kier alpha value is -7.96. The van der Waals surface area contributed by atoms with E-state index in [1.165, 1.54) is 54.3 Å². The molecular formula is C51H40F3N7O8RuS2. The number of thiophene rings is 1. The molecule has 0 N–H and O–H groups in total. The number of benzene rings is 1. The van der Waals surface area contributed by atoms with Crippen molar-refractivity contribution < 1.29 is 70.8 Å². The maximum Gasteiger partial charge on any atom is 2.00 e. The van der Waals surface area contributed by atoms with Gasteiger partial charge >= 0.3 is 25.7 Å². The van der Waals surface area contributed by atoms with Crippen LogP contribution in [0.4, 0.5) is 13.2 Å². The molecule has 0 saturated carbocycles. The Kier molecular flexibility index (Phi) is 23.5. The Balaban J connectivity index is 0.000000308. The molecule has 0 radical (unpaired) electrons. The van der Waals surface area contributed by atoms with Crippen molar-refractivity contribution in [2.75, 3.05) is 0 Å². The van der Waals surface area contributed by atoms with E-state index in [0.29, 0.717) is 63.7 Å². The Bertz CT molecular complexity index is 2920. The minimum Gasteiger partial charge on any atom is -0.753 e. The fourth-order valence-electron chi connectivity index (χ4n) is 6.40. The number of aryl methyl sites for hydroxylation is 1. The number of pyridine rings is 4. The van der Waals surface area contributed by atoms with Gasteiger partial charge in [0.1, 0.15) is 17.2 Å². The molecule has 21 heteroatoms. The Morgan fingerprint density at radius 1 is 0.653 bits per heavy atom. The van der Waals surface area contributed by atoms with Crippen molar-refractivity contribution in [3.8, 4) is 56.8 Å². The zero-order chi connectivity index (χ0) is 50.9. The summed E-state index contributed by atoms with van der Waals surface area (Å²) in [6.07, 6.45) is 15.9. The average Bonchev–Trinajstić information content (AvgIpc) is 4.07. The van der Waals surface area contributed by atoms with Gasteiger partial charge in [-0.3, -0.25) is 34.1 Å². The predicted molar refractivity (Wildman–Crippen MR) is 265 cm³/mol. The molecule has 0 saturated heterocycles. The number of aromatic nitrogens is 6. The van der Waals surface area contributed by atoms with E-state index in [1.807, 2.05) is 12.2 Å². The maximum absolute atomic E-state index is 12.7. The molecule has 0 aliphatic heterocycles. The van der Waals surface area contributed by atoms with Crippen molar-refractivity contribution >= 4 is 78.9 Å². The second kappa shape index (κ2) is 29.9. The van der Waals surface area contributed by atoms with Gasteiger partial charge in [0.15, 0.2) is 0 Å². The number of ether oxygens (including phenoxy) is 4. The monoisotopic (exact) mass is 1100 g/mol. The van der Waals surface area contributed by atoms with Crippen molar-refractivity contribution in [2.45, 2.75) is 45.2 Å². The summed E-state index contributed by atoms with van der Waals surface area (Å²) in [6, 6.07) is 23.7. The van der Waals surface area contributed by atoms with Crippen molar-refractivity contribution in [1.29, 1.82) is 0 Å². The van der Waals surface area contributed by atoms with Crippen LogP contribution >= 0.6 is 23.6 Å². The molecule has 15 nitrogen and oxygen atoms in total. The fourth-order valence-corrected chi connectivity index (χ4v) is 7.36. The van der Waals surface area contributed by atoms with Gasteiger partial charge in [0, 0.05) is 40.1 Å². The van der Waals surface area contributed by atoms with Gasteiger partial charge in [-0.2, -0.15) is 18.3 Å². The molecule has 0 aliphatic carbocycles. The molecular weight excluding hydrogens is 1060 g/mol. The minimum atomic E-state index is -4.50. The molecule has 0 unspecified atom stereocenters. The summed E-state index contributed by atoms with van der Waals surface area (Å²) < 4.78 is 57.3. The first-order valence-corrected chi connectivity index (χ1v) is 22.4. The number of hydrogen-bond donors (Lipinski definition) is 0. The van der Waals surface area contributed by atoms with E-state index in [-0.39, 0.29) is 49.6 Å². The summed E-state index contributed by atoms with van der Waals surface area (Å²) in [5, 5.41) is 15.3. The van der Waals surface area contributed by atoms with E-state index in [4.69, 9.17) is 19.9 Å². The second-order valence-corrected chi connectivity index (χ2v) is 15.8. The molecule has 0 bridgehead atoms. The molecule has 7 aromatic rings. The third kappa shape index (κ3) is 18.1. The average molecular weight is 1100 g/mol. The number of carbonyl (C=O) groups is 4. The van der Waals surface area contributed by atoms with Gasteiger partial charge in [-0.25, -0.2) is 4.98 Å². The van der Waals surface area contributed by atoms with Gasteiger partial charge in [0.2, 0.25) is 0 Å². The van der Waals surface area contributed by atoms with E-state index in [1.54, 1.807) is 103 Å². The fraction of sp³-hybridized carbons (Fsp3) is 0.137. The molecule has 1 aromatic carbocycles. The van der Waals surface area contributed by atoms with Crippen LogP contribution in [0.25, 0.3) is 75.0 Å². The van der Waals surface area contributed by atoms with Crippen LogP contribution in [0.15, 0.2) is 116 Å². The molecule has 0 aliphatic rings. The predicted octanol–water partition coefficient (Wildman–Crippen LogP) is 11.4. The van der Waals surface area contributed by atoms with E-state index in [0.717, 1.165) is 22.9 Å². The third-order valence-corrected chi connectivity index (χ3v) is 10.7. The smallest absolute Gasteiger partial charge is 0.753 e. The summed E-state index contributed by atoms with van der Waals surface area (Å²) in [5.74, 6) is 0.315. The Morgan fingerprint density at radius 2 is 1.18 bits per heavy atom. The largest absolute Gasteiger partial charge is 2.00 e. The summed E-state index contributed by atoms with van der Waals surface area (Å²) in [4.78, 5) is 63.2. The van der Waals surface area contributed by atoms with Crippen LogP contribution in [0.5, 0.6) is 11.5 Å². The van der Waals surface area contributed by atoms with Crippen LogP contribution in [0.3, 0.4) is 0 Å². The number of alkyl halides is 3. The first-order chi connectivity index (χ1) is 34.5. The summed E-state index contributed by atoms with van der Waals surface area (Å²) in [5.41, 5.74) is 4.81. The van der Waals surface area contributed by atoms with Crippen LogP contribution in [0.1, 0.15) is 64.7 Å². The van der Waals surface area contributed by atoms with Crippen molar-refractivity contribution in [2.24, 2.45) is 0 Å². The van der Waals surface area contributed by atoms with Crippen molar-refractivity contribution in [1.82, 2.24) is 30.1 Å². The molecule has 0 fully saturated rings. The first-order valence-electron chi connectivity index (χ1n) is 21.1. The Morgan fingerprint density at radius 3 is 1.69 bits per heavy atom. The van der Waals surface area contributed by atoms with Crippen LogP contribution in [-0.2, 0) is 60.7 Å². The molecule has 0 atom stereocenters. The Labute approximate surface area is 433 Å². The van der Waals surface area contributed by atoms with Crippen LogP contribution in [-0.4, -0.2) is 56.1 Å². The van der Waals surface area contributed by atoms with Gasteiger partial charge in [-0.05, 0) is 138 Å². The minimum absolute atomic E-state index is 0. The number of nitrogens with zero attached hydrogens (tertiary/aromatic N) is 7. The van der Waals surface area contributed by atoms with Gasteiger partial charge < -0.3 is 34.6 Å². The van der Waals surface area contributed by atoms with E-state index >= 15 is 0 Å². The zero-order valence-corrected chi connectivity index (χ0v) is 41.2. The van der Waals surface area contributed by atoms with Gasteiger partial charge in [-0.15, -0.1) is 11.3 Å². The second-order valence-electron chi connectivity index (χ2n) is 14.4. The molecule has 72 heavy (non-hydrogen) atoms. The van der Waals surface area contributed by atoms with Crippen molar-refractivity contribution in [3.63, 3.8) is 0 Å². The number of hydrogen-bond acceptors (Lipinski definition) is 15. The SMILES string of the molecule is CCCCCCc1ccc(/C=C/c2ccnc(-c3cc(C(F)(F)F)n[n-]3)c2)s1.O=CO/C=C/c1ccnc(-c2cc(-c3cc(OC=O)cc(OC=O)c3)cc(-c3cc(/C=C/OC=O)ccn3)n2)c1.[N-]=C=S.[Ru+2]. The quantitative estimate of drug-likeness (QED) is 0.0164. The van der Waals surface area contributed by atoms with Crippen LogP contribution < -0.4 is 14.6 Å². The standard InChI is InChI=1S/C29H19N3O8.C21H21F3N3S.CNS.Ru/c33-16-37-7-3-20-1-5-30-26(9-20)28-13-23(22-11-24(39-18-35)15-25(12-22)40-19-36)14-29(32-28)27-10-21(2-6-31-27)4-8-38-17-34;1-2-3-4-5-6-16-9-10-17(28-16)8-7-15-11-12-25-18(13-15)19-14-20(27-26-19)21(22,23)24;2-1-3;/h1-19H;7-14H,2-6H2,1H3;;/q;2*-1;+2/b7-3+,8-4+;8-7+;;. The van der Waals surface area contributed by atoms with Gasteiger partial charge in [0.05, 0.1) is 35.3 Å². The normalized spacial score (nSPS) is 10.8.